The lowest BCUT2D eigenvalue weighted by Crippen LogP contribution is -2.25. The SMILES string of the molecule is OC(COCCOc1ccc(Br)cc1)Cn1c(C2CCCCC2)nc2ccccc21. The molecule has 160 valence electrons. The Morgan fingerprint density at radius 3 is 2.60 bits per heavy atom. The summed E-state index contributed by atoms with van der Waals surface area (Å²) >= 11 is 3.41. The first-order chi connectivity index (χ1) is 14.7. The van der Waals surface area contributed by atoms with Crippen molar-refractivity contribution in [2.45, 2.75) is 50.7 Å². The summed E-state index contributed by atoms with van der Waals surface area (Å²) in [5.74, 6) is 2.41. The Morgan fingerprint density at radius 2 is 1.80 bits per heavy atom. The highest BCUT2D eigenvalue weighted by atomic mass is 79.9. The molecule has 0 spiro atoms. The van der Waals surface area contributed by atoms with Crippen LogP contribution in [0.25, 0.3) is 11.0 Å². The third-order valence-corrected chi connectivity index (χ3v) is 6.20. The maximum absolute atomic E-state index is 10.6. The first-order valence-electron chi connectivity index (χ1n) is 10.8. The van der Waals surface area contributed by atoms with Crippen molar-refractivity contribution in [3.05, 3.63) is 58.8 Å². The zero-order valence-corrected chi connectivity index (χ0v) is 18.8. The van der Waals surface area contributed by atoms with Gasteiger partial charge in [0.15, 0.2) is 0 Å². The first-order valence-corrected chi connectivity index (χ1v) is 11.6. The second-order valence-electron chi connectivity index (χ2n) is 7.94. The van der Waals surface area contributed by atoms with Crippen LogP contribution in [0.4, 0.5) is 0 Å². The maximum atomic E-state index is 10.6. The van der Waals surface area contributed by atoms with E-state index in [0.29, 0.717) is 25.7 Å². The van der Waals surface area contributed by atoms with Gasteiger partial charge in [-0.1, -0.05) is 47.3 Å². The molecule has 3 aromatic rings. The second kappa shape index (κ2) is 10.4. The standard InChI is InChI=1S/C24H29BrN2O3/c25-19-10-12-21(13-11-19)30-15-14-29-17-20(28)16-27-23-9-5-4-8-22(23)26-24(27)18-6-2-1-3-7-18/h4-5,8-13,18,20,28H,1-3,6-7,14-17H2. The Bertz CT molecular complexity index is 935. The van der Waals surface area contributed by atoms with Gasteiger partial charge in [-0.25, -0.2) is 4.98 Å². The van der Waals surface area contributed by atoms with E-state index in [1.807, 2.05) is 36.4 Å². The fourth-order valence-electron chi connectivity index (χ4n) is 4.19. The minimum absolute atomic E-state index is 0.278. The van der Waals surface area contributed by atoms with E-state index < -0.39 is 6.10 Å². The van der Waals surface area contributed by atoms with E-state index in [9.17, 15) is 5.11 Å². The molecule has 1 aliphatic rings. The summed E-state index contributed by atoms with van der Waals surface area (Å²) in [7, 11) is 0. The fourth-order valence-corrected chi connectivity index (χ4v) is 4.45. The van der Waals surface area contributed by atoms with Crippen molar-refractivity contribution in [1.82, 2.24) is 9.55 Å². The van der Waals surface area contributed by atoms with Crippen LogP contribution in [0.15, 0.2) is 53.0 Å². The van der Waals surface area contributed by atoms with E-state index in [-0.39, 0.29) is 6.61 Å². The smallest absolute Gasteiger partial charge is 0.119 e. The molecule has 0 amide bonds. The number of rotatable bonds is 9. The lowest BCUT2D eigenvalue weighted by Gasteiger charge is -2.23. The third-order valence-electron chi connectivity index (χ3n) is 5.67. The number of aliphatic hydroxyl groups is 1. The van der Waals surface area contributed by atoms with Gasteiger partial charge in [0, 0.05) is 10.4 Å². The monoisotopic (exact) mass is 472 g/mol. The van der Waals surface area contributed by atoms with Crippen LogP contribution in [-0.2, 0) is 11.3 Å². The van der Waals surface area contributed by atoms with Gasteiger partial charge in [0.25, 0.3) is 0 Å². The van der Waals surface area contributed by atoms with Crippen LogP contribution < -0.4 is 4.74 Å². The number of halogens is 1. The summed E-state index contributed by atoms with van der Waals surface area (Å²) in [6, 6.07) is 15.9. The molecule has 0 radical (unpaired) electrons. The number of imidazole rings is 1. The molecule has 4 rings (SSSR count). The van der Waals surface area contributed by atoms with E-state index in [0.717, 1.165) is 27.1 Å². The molecule has 1 heterocycles. The zero-order valence-electron chi connectivity index (χ0n) is 17.2. The van der Waals surface area contributed by atoms with Crippen molar-refractivity contribution in [2.24, 2.45) is 0 Å². The molecule has 2 aromatic carbocycles. The van der Waals surface area contributed by atoms with Gasteiger partial charge in [0.1, 0.15) is 18.2 Å². The van der Waals surface area contributed by atoms with Gasteiger partial charge in [-0.2, -0.15) is 0 Å². The van der Waals surface area contributed by atoms with Gasteiger partial charge in [0.05, 0.1) is 36.9 Å². The average molecular weight is 473 g/mol. The van der Waals surface area contributed by atoms with Crippen LogP contribution in [0.3, 0.4) is 0 Å². The Hall–Kier alpha value is -1.89. The number of aliphatic hydroxyl groups excluding tert-OH is 1. The van der Waals surface area contributed by atoms with Gasteiger partial charge < -0.3 is 19.1 Å². The molecule has 1 saturated carbocycles. The molecule has 0 bridgehead atoms. The molecular weight excluding hydrogens is 444 g/mol. The largest absolute Gasteiger partial charge is 0.491 e. The average Bonchev–Trinajstić information content (AvgIpc) is 3.14. The fraction of sp³-hybridized carbons (Fsp3) is 0.458. The predicted molar refractivity (Wildman–Crippen MR) is 122 cm³/mol. The van der Waals surface area contributed by atoms with E-state index in [1.165, 1.54) is 32.1 Å². The van der Waals surface area contributed by atoms with Crippen LogP contribution in [0, 0.1) is 0 Å². The quantitative estimate of drug-likeness (QED) is 0.429. The van der Waals surface area contributed by atoms with E-state index >= 15 is 0 Å². The summed E-state index contributed by atoms with van der Waals surface area (Å²) in [5, 5.41) is 10.6. The number of para-hydroxylation sites is 2. The molecule has 0 aliphatic heterocycles. The van der Waals surface area contributed by atoms with Gasteiger partial charge in [-0.3, -0.25) is 0 Å². The summed E-state index contributed by atoms with van der Waals surface area (Å²) in [5.41, 5.74) is 2.10. The third kappa shape index (κ3) is 5.42. The van der Waals surface area contributed by atoms with E-state index in [1.54, 1.807) is 0 Å². The minimum atomic E-state index is -0.586. The summed E-state index contributed by atoms with van der Waals surface area (Å²) in [6.45, 7) is 1.67. The van der Waals surface area contributed by atoms with Crippen molar-refractivity contribution in [3.63, 3.8) is 0 Å². The van der Waals surface area contributed by atoms with Gasteiger partial charge in [-0.05, 0) is 49.2 Å². The van der Waals surface area contributed by atoms with Gasteiger partial charge in [-0.15, -0.1) is 0 Å². The molecular formula is C24H29BrN2O3. The molecule has 1 atom stereocenters. The van der Waals surface area contributed by atoms with Crippen molar-refractivity contribution in [2.75, 3.05) is 19.8 Å². The van der Waals surface area contributed by atoms with Crippen LogP contribution >= 0.6 is 15.9 Å². The van der Waals surface area contributed by atoms with Crippen LogP contribution in [0.2, 0.25) is 0 Å². The number of ether oxygens (including phenoxy) is 2. The molecule has 1 unspecified atom stereocenters. The highest BCUT2D eigenvalue weighted by molar-refractivity contribution is 9.10. The van der Waals surface area contributed by atoms with Crippen molar-refractivity contribution in [1.29, 1.82) is 0 Å². The Morgan fingerprint density at radius 1 is 1.03 bits per heavy atom. The number of fused-ring (bicyclic) bond motifs is 1. The highest BCUT2D eigenvalue weighted by Crippen LogP contribution is 2.34. The molecule has 1 N–H and O–H groups in total. The normalized spacial score (nSPS) is 16.1. The second-order valence-corrected chi connectivity index (χ2v) is 8.85. The lowest BCUT2D eigenvalue weighted by atomic mass is 9.88. The van der Waals surface area contributed by atoms with Crippen molar-refractivity contribution >= 4 is 27.0 Å². The topological polar surface area (TPSA) is 56.5 Å². The molecule has 1 aromatic heterocycles. The first kappa shape index (κ1) is 21.3. The van der Waals surface area contributed by atoms with Crippen LogP contribution in [-0.4, -0.2) is 40.6 Å². The van der Waals surface area contributed by atoms with E-state index in [2.05, 4.69) is 32.6 Å². The summed E-state index contributed by atoms with van der Waals surface area (Å²) in [6.07, 6.45) is 5.62. The summed E-state index contributed by atoms with van der Waals surface area (Å²) < 4.78 is 14.6. The van der Waals surface area contributed by atoms with Crippen molar-refractivity contribution in [3.8, 4) is 5.75 Å². The Kier molecular flexibility index (Phi) is 7.42. The minimum Gasteiger partial charge on any atom is -0.491 e. The lowest BCUT2D eigenvalue weighted by molar-refractivity contribution is 0.0173. The highest BCUT2D eigenvalue weighted by Gasteiger charge is 2.23. The molecule has 1 fully saturated rings. The van der Waals surface area contributed by atoms with Gasteiger partial charge >= 0.3 is 0 Å². The Balaban J connectivity index is 1.32. The molecule has 6 heteroatoms. The van der Waals surface area contributed by atoms with Crippen LogP contribution in [0.5, 0.6) is 5.75 Å². The maximum Gasteiger partial charge on any atom is 0.119 e. The molecule has 30 heavy (non-hydrogen) atoms. The Labute approximate surface area is 186 Å². The number of hydrogen-bond donors (Lipinski definition) is 1. The molecule has 0 saturated heterocycles. The van der Waals surface area contributed by atoms with Crippen molar-refractivity contribution < 1.29 is 14.6 Å². The number of nitrogens with zero attached hydrogens (tertiary/aromatic N) is 2. The number of benzene rings is 2. The molecule has 1 aliphatic carbocycles. The number of hydrogen-bond acceptors (Lipinski definition) is 4. The number of aromatic nitrogens is 2. The summed E-state index contributed by atoms with van der Waals surface area (Å²) in [4.78, 5) is 4.93. The predicted octanol–water partition coefficient (Wildman–Crippen LogP) is 5.30. The van der Waals surface area contributed by atoms with Crippen LogP contribution in [0.1, 0.15) is 43.8 Å². The molecule has 5 nitrogen and oxygen atoms in total. The zero-order chi connectivity index (χ0) is 20.8. The van der Waals surface area contributed by atoms with Gasteiger partial charge in [0.2, 0.25) is 0 Å². The van der Waals surface area contributed by atoms with E-state index in [4.69, 9.17) is 14.5 Å².